The predicted octanol–water partition coefficient (Wildman–Crippen LogP) is 1.98. The third-order valence-electron chi connectivity index (χ3n) is 4.02. The van der Waals surface area contributed by atoms with Crippen LogP contribution in [0, 0.1) is 0 Å². The Morgan fingerprint density at radius 1 is 1.17 bits per heavy atom. The minimum Gasteiger partial charge on any atom is -0.355 e. The summed E-state index contributed by atoms with van der Waals surface area (Å²) in [5.74, 6) is 0.573. The molecule has 1 aliphatic heterocycles. The van der Waals surface area contributed by atoms with Gasteiger partial charge in [-0.05, 0) is 25.0 Å². The van der Waals surface area contributed by atoms with Crippen LogP contribution >= 0.6 is 0 Å². The normalized spacial score (nSPS) is 14.3. The van der Waals surface area contributed by atoms with E-state index in [1.807, 2.05) is 24.4 Å². The molecule has 0 atom stereocenters. The highest BCUT2D eigenvalue weighted by Gasteiger charge is 2.20. The van der Waals surface area contributed by atoms with Gasteiger partial charge in [0.15, 0.2) is 5.82 Å². The Hall–Kier alpha value is -2.96. The molecule has 1 amide bonds. The molecular weight excluding hydrogens is 292 g/mol. The lowest BCUT2D eigenvalue weighted by Gasteiger charge is -2.19. The summed E-state index contributed by atoms with van der Waals surface area (Å²) < 4.78 is 1.68. The van der Waals surface area contributed by atoms with E-state index >= 15 is 0 Å². The van der Waals surface area contributed by atoms with Gasteiger partial charge in [-0.25, -0.2) is 14.5 Å². The Kier molecular flexibility index (Phi) is 3.38. The molecule has 1 saturated heterocycles. The molecule has 23 heavy (non-hydrogen) atoms. The van der Waals surface area contributed by atoms with Crippen molar-refractivity contribution in [3.05, 3.63) is 48.7 Å². The minimum absolute atomic E-state index is 0.207. The maximum Gasteiger partial charge on any atom is 0.259 e. The molecule has 0 spiro atoms. The number of carbonyl (C=O) groups excluding carboxylic acids is 1. The molecule has 4 heterocycles. The molecule has 1 aliphatic rings. The van der Waals surface area contributed by atoms with E-state index in [1.165, 1.54) is 6.33 Å². The van der Waals surface area contributed by atoms with Gasteiger partial charge in [-0.3, -0.25) is 4.79 Å². The van der Waals surface area contributed by atoms with Gasteiger partial charge in [0.05, 0.1) is 23.5 Å². The summed E-state index contributed by atoms with van der Waals surface area (Å²) in [7, 11) is 0. The van der Waals surface area contributed by atoms with Crippen molar-refractivity contribution < 1.29 is 4.79 Å². The van der Waals surface area contributed by atoms with Gasteiger partial charge in [0.25, 0.3) is 5.91 Å². The van der Waals surface area contributed by atoms with E-state index in [-0.39, 0.29) is 5.91 Å². The number of nitrogens with zero attached hydrogens (tertiary/aromatic N) is 5. The number of anilines is 2. The summed E-state index contributed by atoms with van der Waals surface area (Å²) >= 11 is 0. The lowest BCUT2D eigenvalue weighted by atomic mass is 10.2. The van der Waals surface area contributed by atoms with Crippen LogP contribution in [0.25, 0.3) is 5.52 Å². The number of pyridine rings is 1. The number of hydrogen-bond donors (Lipinski definition) is 1. The van der Waals surface area contributed by atoms with Crippen molar-refractivity contribution >= 4 is 22.9 Å². The summed E-state index contributed by atoms with van der Waals surface area (Å²) in [6.45, 7) is 1.91. The fraction of sp³-hybridized carbons (Fsp3) is 0.250. The number of rotatable bonds is 3. The van der Waals surface area contributed by atoms with Crippen LogP contribution in [0.2, 0.25) is 0 Å². The average molecular weight is 308 g/mol. The fourth-order valence-electron chi connectivity index (χ4n) is 2.89. The lowest BCUT2D eigenvalue weighted by Crippen LogP contribution is -2.22. The van der Waals surface area contributed by atoms with E-state index in [0.717, 1.165) is 37.3 Å². The highest BCUT2D eigenvalue weighted by atomic mass is 16.1. The van der Waals surface area contributed by atoms with Crippen molar-refractivity contribution in [2.24, 2.45) is 0 Å². The number of hydrogen-bond acceptors (Lipinski definition) is 5. The van der Waals surface area contributed by atoms with Crippen LogP contribution in [0.5, 0.6) is 0 Å². The monoisotopic (exact) mass is 308 g/mol. The van der Waals surface area contributed by atoms with Gasteiger partial charge in [0, 0.05) is 19.3 Å². The summed E-state index contributed by atoms with van der Waals surface area (Å²) in [6.07, 6.45) is 8.83. The Morgan fingerprint density at radius 2 is 2.04 bits per heavy atom. The van der Waals surface area contributed by atoms with E-state index in [2.05, 4.69) is 25.3 Å². The first-order valence-corrected chi connectivity index (χ1v) is 7.61. The first kappa shape index (κ1) is 13.7. The molecule has 1 fully saturated rings. The summed E-state index contributed by atoms with van der Waals surface area (Å²) in [6, 6.07) is 5.62. The van der Waals surface area contributed by atoms with E-state index in [4.69, 9.17) is 0 Å². The molecular formula is C16H16N6O. The third-order valence-corrected chi connectivity index (χ3v) is 4.02. The van der Waals surface area contributed by atoms with E-state index in [1.54, 1.807) is 16.9 Å². The maximum absolute atomic E-state index is 12.6. The van der Waals surface area contributed by atoms with Gasteiger partial charge < -0.3 is 10.2 Å². The van der Waals surface area contributed by atoms with E-state index < -0.39 is 0 Å². The molecule has 3 aromatic rings. The second-order valence-electron chi connectivity index (χ2n) is 5.50. The van der Waals surface area contributed by atoms with Crippen molar-refractivity contribution in [1.82, 2.24) is 19.6 Å². The molecule has 0 aromatic carbocycles. The molecule has 0 unspecified atom stereocenters. The van der Waals surface area contributed by atoms with E-state index in [0.29, 0.717) is 11.3 Å². The molecule has 0 bridgehead atoms. The topological polar surface area (TPSA) is 75.4 Å². The van der Waals surface area contributed by atoms with Crippen LogP contribution in [-0.2, 0) is 0 Å². The van der Waals surface area contributed by atoms with Crippen molar-refractivity contribution in [3.8, 4) is 0 Å². The Labute approximate surface area is 133 Å². The zero-order chi connectivity index (χ0) is 15.6. The lowest BCUT2D eigenvalue weighted by molar-refractivity contribution is 0.102. The molecule has 7 nitrogen and oxygen atoms in total. The van der Waals surface area contributed by atoms with Gasteiger partial charge in [-0.15, -0.1) is 0 Å². The molecule has 0 radical (unpaired) electrons. The van der Waals surface area contributed by atoms with Crippen LogP contribution < -0.4 is 10.2 Å². The Bertz CT molecular complexity index is 852. The van der Waals surface area contributed by atoms with Crippen LogP contribution in [0.1, 0.15) is 23.2 Å². The van der Waals surface area contributed by atoms with Gasteiger partial charge in [0.1, 0.15) is 12.0 Å². The number of carbonyl (C=O) groups is 1. The zero-order valence-corrected chi connectivity index (χ0v) is 12.5. The van der Waals surface area contributed by atoms with Gasteiger partial charge in [-0.2, -0.15) is 5.10 Å². The Balaban J connectivity index is 1.64. The van der Waals surface area contributed by atoms with Crippen molar-refractivity contribution in [3.63, 3.8) is 0 Å². The SMILES string of the molecule is O=C(Nc1cncnc1N1CCCC1)c1cnn2ccccc12. The van der Waals surface area contributed by atoms with Gasteiger partial charge in [-0.1, -0.05) is 6.07 Å². The molecule has 4 rings (SSSR count). The van der Waals surface area contributed by atoms with Crippen LogP contribution in [0.15, 0.2) is 43.1 Å². The molecule has 0 saturated carbocycles. The number of nitrogens with one attached hydrogen (secondary N) is 1. The highest BCUT2D eigenvalue weighted by Crippen LogP contribution is 2.26. The van der Waals surface area contributed by atoms with Crippen LogP contribution in [-0.4, -0.2) is 38.6 Å². The van der Waals surface area contributed by atoms with Crippen molar-refractivity contribution in [2.45, 2.75) is 12.8 Å². The van der Waals surface area contributed by atoms with Crippen molar-refractivity contribution in [1.29, 1.82) is 0 Å². The maximum atomic E-state index is 12.6. The molecule has 1 N–H and O–H groups in total. The number of fused-ring (bicyclic) bond motifs is 1. The van der Waals surface area contributed by atoms with Crippen molar-refractivity contribution in [2.75, 3.05) is 23.3 Å². The average Bonchev–Trinajstić information content (AvgIpc) is 3.25. The minimum atomic E-state index is -0.207. The quantitative estimate of drug-likeness (QED) is 0.800. The summed E-state index contributed by atoms with van der Waals surface area (Å²) in [5, 5.41) is 7.12. The molecule has 7 heteroatoms. The first-order chi connectivity index (χ1) is 11.3. The highest BCUT2D eigenvalue weighted by molar-refractivity contribution is 6.09. The second kappa shape index (κ2) is 5.68. The van der Waals surface area contributed by atoms with Crippen LogP contribution in [0.3, 0.4) is 0 Å². The number of aromatic nitrogens is 4. The smallest absolute Gasteiger partial charge is 0.259 e. The summed E-state index contributed by atoms with van der Waals surface area (Å²) in [5.41, 5.74) is 1.93. The number of amides is 1. The molecule has 116 valence electrons. The Morgan fingerprint density at radius 3 is 2.91 bits per heavy atom. The van der Waals surface area contributed by atoms with Gasteiger partial charge >= 0.3 is 0 Å². The standard InChI is InChI=1S/C16H16N6O/c23-16(12-9-19-22-8-2-1-5-14(12)22)20-13-10-17-11-18-15(13)21-6-3-4-7-21/h1-2,5,8-11H,3-4,6-7H2,(H,20,23). The largest absolute Gasteiger partial charge is 0.355 e. The van der Waals surface area contributed by atoms with E-state index in [9.17, 15) is 4.79 Å². The predicted molar refractivity (Wildman–Crippen MR) is 86.6 cm³/mol. The third kappa shape index (κ3) is 2.50. The fourth-order valence-corrected chi connectivity index (χ4v) is 2.89. The van der Waals surface area contributed by atoms with Crippen LogP contribution in [0.4, 0.5) is 11.5 Å². The summed E-state index contributed by atoms with van der Waals surface area (Å²) in [4.78, 5) is 23.2. The van der Waals surface area contributed by atoms with Gasteiger partial charge in [0.2, 0.25) is 0 Å². The molecule has 3 aromatic heterocycles. The molecule has 0 aliphatic carbocycles. The second-order valence-corrected chi connectivity index (χ2v) is 5.50. The zero-order valence-electron chi connectivity index (χ0n) is 12.5. The first-order valence-electron chi connectivity index (χ1n) is 7.61.